The molecule has 0 fully saturated rings. The highest BCUT2D eigenvalue weighted by atomic mass is 15.2. The van der Waals surface area contributed by atoms with Gasteiger partial charge in [0.1, 0.15) is 0 Å². The number of anilines is 6. The van der Waals surface area contributed by atoms with Crippen molar-refractivity contribution in [3.05, 3.63) is 237 Å². The van der Waals surface area contributed by atoms with Gasteiger partial charge in [0.25, 0.3) is 6.71 Å². The molecular formula is C62H39BN4. The van der Waals surface area contributed by atoms with Gasteiger partial charge in [-0.15, -0.1) is 0 Å². The predicted molar refractivity (Wildman–Crippen MR) is 282 cm³/mol. The summed E-state index contributed by atoms with van der Waals surface area (Å²) in [4.78, 5) is 15.9. The second kappa shape index (κ2) is 14.9. The third-order valence-electron chi connectivity index (χ3n) is 13.9. The lowest BCUT2D eigenvalue weighted by Crippen LogP contribution is -2.61. The first-order valence-corrected chi connectivity index (χ1v) is 23.0. The molecule has 0 aliphatic carbocycles. The van der Waals surface area contributed by atoms with Crippen molar-refractivity contribution in [1.29, 1.82) is 0 Å². The number of benzene rings is 11. The quantitative estimate of drug-likeness (QED) is 0.128. The smallest absolute Gasteiger partial charge is 0.252 e. The van der Waals surface area contributed by atoms with Gasteiger partial charge in [0.05, 0.1) is 11.4 Å². The average Bonchev–Trinajstić information content (AvgIpc) is 3.39. The third kappa shape index (κ3) is 6.09. The Hall–Kier alpha value is -8.80. The first-order valence-electron chi connectivity index (χ1n) is 23.0. The van der Waals surface area contributed by atoms with E-state index >= 15 is 0 Å². The molecule has 0 atom stereocenters. The highest BCUT2D eigenvalue weighted by molar-refractivity contribution is 7.00. The van der Waals surface area contributed by atoms with Crippen molar-refractivity contribution < 1.29 is 0 Å². The molecule has 0 spiro atoms. The zero-order valence-corrected chi connectivity index (χ0v) is 36.4. The molecule has 0 bridgehead atoms. The van der Waals surface area contributed by atoms with E-state index in [0.717, 1.165) is 62.2 Å². The van der Waals surface area contributed by atoms with Crippen LogP contribution in [0.2, 0.25) is 0 Å². The summed E-state index contributed by atoms with van der Waals surface area (Å²) < 4.78 is 0. The summed E-state index contributed by atoms with van der Waals surface area (Å²) in [6.45, 7) is -0.0906. The van der Waals surface area contributed by atoms with Crippen LogP contribution in [0.1, 0.15) is 0 Å². The lowest BCUT2D eigenvalue weighted by atomic mass is 9.33. The first-order chi connectivity index (χ1) is 33.2. The predicted octanol–water partition coefficient (Wildman–Crippen LogP) is 14.2. The van der Waals surface area contributed by atoms with Crippen LogP contribution in [0.5, 0.6) is 0 Å². The summed E-state index contributed by atoms with van der Waals surface area (Å²) in [5.74, 6) is 0.670. The molecule has 12 aromatic rings. The van der Waals surface area contributed by atoms with Gasteiger partial charge in [0.15, 0.2) is 5.82 Å². The number of hydrogen-bond donors (Lipinski definition) is 0. The molecule has 11 aromatic carbocycles. The van der Waals surface area contributed by atoms with Crippen LogP contribution in [0, 0.1) is 0 Å². The molecule has 0 saturated carbocycles. The van der Waals surface area contributed by atoms with Crippen molar-refractivity contribution in [2.45, 2.75) is 0 Å². The normalized spacial score (nSPS) is 12.7. The highest BCUT2D eigenvalue weighted by Crippen LogP contribution is 2.47. The minimum absolute atomic E-state index is 0.0906. The van der Waals surface area contributed by atoms with Crippen molar-refractivity contribution in [3.8, 4) is 33.9 Å². The number of para-hydroxylation sites is 2. The lowest BCUT2D eigenvalue weighted by molar-refractivity contribution is 1.18. The molecule has 2 aliphatic rings. The molecule has 67 heavy (non-hydrogen) atoms. The van der Waals surface area contributed by atoms with Gasteiger partial charge < -0.3 is 9.80 Å². The van der Waals surface area contributed by atoms with E-state index in [0.29, 0.717) is 5.82 Å². The van der Waals surface area contributed by atoms with Crippen LogP contribution >= 0.6 is 0 Å². The van der Waals surface area contributed by atoms with Gasteiger partial charge in [0, 0.05) is 50.8 Å². The Balaban J connectivity index is 1.12. The van der Waals surface area contributed by atoms with Gasteiger partial charge in [-0.2, -0.15) is 0 Å². The van der Waals surface area contributed by atoms with Crippen LogP contribution in [0.3, 0.4) is 0 Å². The maximum Gasteiger partial charge on any atom is 0.252 e. The fourth-order valence-electron chi connectivity index (χ4n) is 10.8. The summed E-state index contributed by atoms with van der Waals surface area (Å²) in [7, 11) is 0. The number of fused-ring (bicyclic) bond motifs is 8. The molecule has 2 aliphatic heterocycles. The Morgan fingerprint density at radius 1 is 0.284 bits per heavy atom. The molecule has 310 valence electrons. The lowest BCUT2D eigenvalue weighted by Gasteiger charge is -2.44. The number of aromatic nitrogens is 2. The summed E-state index contributed by atoms with van der Waals surface area (Å²) in [6.07, 6.45) is 0. The minimum atomic E-state index is -0.0906. The highest BCUT2D eigenvalue weighted by Gasteiger charge is 2.44. The van der Waals surface area contributed by atoms with E-state index in [1.165, 1.54) is 59.5 Å². The summed E-state index contributed by atoms with van der Waals surface area (Å²) in [5, 5.41) is 9.80. The van der Waals surface area contributed by atoms with Gasteiger partial charge in [-0.3, -0.25) is 0 Å². The topological polar surface area (TPSA) is 32.3 Å². The number of hydrogen-bond acceptors (Lipinski definition) is 4. The molecular weight excluding hydrogens is 812 g/mol. The molecule has 5 heteroatoms. The van der Waals surface area contributed by atoms with Crippen LogP contribution in [-0.4, -0.2) is 16.7 Å². The van der Waals surface area contributed by atoms with Gasteiger partial charge in [0.2, 0.25) is 0 Å². The fraction of sp³-hybridized carbons (Fsp3) is 0. The number of rotatable bonds is 5. The van der Waals surface area contributed by atoms with Crippen molar-refractivity contribution in [2.24, 2.45) is 0 Å². The molecule has 14 rings (SSSR count). The maximum absolute atomic E-state index is 5.44. The molecule has 0 saturated heterocycles. The van der Waals surface area contributed by atoms with E-state index in [2.05, 4.69) is 246 Å². The zero-order chi connectivity index (χ0) is 44.0. The molecule has 0 unspecified atom stereocenters. The van der Waals surface area contributed by atoms with Crippen LogP contribution in [0.4, 0.5) is 34.1 Å². The van der Waals surface area contributed by atoms with Crippen molar-refractivity contribution >= 4 is 100 Å². The van der Waals surface area contributed by atoms with Crippen LogP contribution in [-0.2, 0) is 0 Å². The molecule has 0 N–H and O–H groups in total. The third-order valence-corrected chi connectivity index (χ3v) is 13.9. The average molecular weight is 851 g/mol. The van der Waals surface area contributed by atoms with E-state index in [1.54, 1.807) is 0 Å². The summed E-state index contributed by atoms with van der Waals surface area (Å²) in [6, 6.07) is 86.1. The Morgan fingerprint density at radius 2 is 0.642 bits per heavy atom. The molecule has 4 nitrogen and oxygen atoms in total. The fourth-order valence-corrected chi connectivity index (χ4v) is 10.8. The Kier molecular flexibility index (Phi) is 8.34. The van der Waals surface area contributed by atoms with E-state index in [4.69, 9.17) is 9.97 Å². The molecule has 1 aromatic heterocycles. The Bertz CT molecular complexity index is 3680. The Morgan fingerprint density at radius 3 is 1.04 bits per heavy atom. The van der Waals surface area contributed by atoms with Gasteiger partial charge >= 0.3 is 0 Å². The number of nitrogens with zero attached hydrogens (tertiary/aromatic N) is 4. The molecule has 0 radical (unpaired) electrons. The maximum atomic E-state index is 5.44. The second-order valence-corrected chi connectivity index (χ2v) is 17.8. The van der Waals surface area contributed by atoms with Crippen LogP contribution < -0.4 is 26.2 Å². The van der Waals surface area contributed by atoms with Gasteiger partial charge in [-0.1, -0.05) is 158 Å². The zero-order valence-electron chi connectivity index (χ0n) is 36.4. The molecule has 0 amide bonds. The van der Waals surface area contributed by atoms with Crippen molar-refractivity contribution in [2.75, 3.05) is 9.80 Å². The monoisotopic (exact) mass is 850 g/mol. The minimum Gasteiger partial charge on any atom is -0.311 e. The largest absolute Gasteiger partial charge is 0.311 e. The standard InChI is InChI=1S/C62H39BN4/c1-5-17-40(18-6-1)55-39-56(41-19-7-2-8-20-41)65-62(64-55)50-37-59-61-60(38-50)67(52-27-11-4-12-28-52)58-36-49-32-45-24-16-14-22-43(45)30-47(49)34-54(58)63(61)53-33-46-29-42-21-13-15-23-44(42)31-48(46)35-57(53)66(59)51-25-9-3-10-26-51/h1-39H. The van der Waals surface area contributed by atoms with E-state index < -0.39 is 0 Å². The van der Waals surface area contributed by atoms with Gasteiger partial charge in [-0.25, -0.2) is 9.97 Å². The van der Waals surface area contributed by atoms with Crippen molar-refractivity contribution in [1.82, 2.24) is 9.97 Å². The summed E-state index contributed by atoms with van der Waals surface area (Å²) in [5.41, 5.74) is 15.3. The summed E-state index contributed by atoms with van der Waals surface area (Å²) >= 11 is 0. The Labute approximate surface area is 388 Å². The van der Waals surface area contributed by atoms with E-state index in [1.807, 2.05) is 0 Å². The first kappa shape index (κ1) is 37.6. The molecule has 3 heterocycles. The van der Waals surface area contributed by atoms with Gasteiger partial charge in [-0.05, 0) is 138 Å². The van der Waals surface area contributed by atoms with Crippen LogP contribution in [0.25, 0.3) is 77.0 Å². The van der Waals surface area contributed by atoms with Crippen molar-refractivity contribution in [3.63, 3.8) is 0 Å². The van der Waals surface area contributed by atoms with E-state index in [-0.39, 0.29) is 6.71 Å². The van der Waals surface area contributed by atoms with Crippen LogP contribution in [0.15, 0.2) is 237 Å². The SMILES string of the molecule is c1ccc(-c2cc(-c3ccccc3)nc(-c3cc4c5c(c3)N(c3ccccc3)c3cc6cc7ccccc7cc6cc3B5c3cc5cc6ccccc6cc5cc3N4c3ccccc3)n2)cc1. The van der Waals surface area contributed by atoms with E-state index in [9.17, 15) is 0 Å². The second-order valence-electron chi connectivity index (χ2n) is 17.8.